The number of hydrogen-bond donors (Lipinski definition) is 1. The Morgan fingerprint density at radius 2 is 1.80 bits per heavy atom. The van der Waals surface area contributed by atoms with E-state index in [0.717, 1.165) is 0 Å². The molecule has 2 aromatic rings. The first kappa shape index (κ1) is 21.5. The van der Waals surface area contributed by atoms with E-state index >= 15 is 0 Å². The summed E-state index contributed by atoms with van der Waals surface area (Å²) in [7, 11) is 0. The first-order chi connectivity index (χ1) is 14.3. The van der Waals surface area contributed by atoms with Gasteiger partial charge in [0.1, 0.15) is 0 Å². The third-order valence-corrected chi connectivity index (χ3v) is 4.96. The number of ether oxygens (including phenoxy) is 1. The van der Waals surface area contributed by atoms with Gasteiger partial charge in [-0.3, -0.25) is 19.2 Å². The monoisotopic (exact) mass is 428 g/mol. The van der Waals surface area contributed by atoms with Gasteiger partial charge in [0.2, 0.25) is 5.91 Å². The normalized spacial score (nSPS) is 15.6. The van der Waals surface area contributed by atoms with Gasteiger partial charge in [-0.15, -0.1) is 0 Å². The Morgan fingerprint density at radius 1 is 1.10 bits per heavy atom. The maximum atomic E-state index is 12.8. The SMILES string of the molecule is CC1CC(=O)Nc2ccccc2N1C(=O)COC(=O)CCC(=O)c1ccc(Cl)cc1. The van der Waals surface area contributed by atoms with Gasteiger partial charge in [-0.2, -0.15) is 0 Å². The molecule has 1 unspecified atom stereocenters. The maximum Gasteiger partial charge on any atom is 0.306 e. The van der Waals surface area contributed by atoms with Crippen LogP contribution >= 0.6 is 11.6 Å². The number of ketones is 1. The molecule has 156 valence electrons. The van der Waals surface area contributed by atoms with Crippen molar-refractivity contribution in [3.63, 3.8) is 0 Å². The number of nitrogens with zero attached hydrogens (tertiary/aromatic N) is 1. The smallest absolute Gasteiger partial charge is 0.306 e. The molecule has 7 nitrogen and oxygen atoms in total. The minimum Gasteiger partial charge on any atom is -0.456 e. The van der Waals surface area contributed by atoms with Crippen molar-refractivity contribution < 1.29 is 23.9 Å². The molecule has 8 heteroatoms. The van der Waals surface area contributed by atoms with Crippen LogP contribution in [0.1, 0.15) is 36.5 Å². The Morgan fingerprint density at radius 3 is 2.53 bits per heavy atom. The van der Waals surface area contributed by atoms with Crippen LogP contribution in [0.3, 0.4) is 0 Å². The van der Waals surface area contributed by atoms with Gasteiger partial charge in [-0.1, -0.05) is 23.7 Å². The summed E-state index contributed by atoms with van der Waals surface area (Å²) < 4.78 is 5.08. The fourth-order valence-corrected chi connectivity index (χ4v) is 3.37. The Kier molecular flexibility index (Phi) is 6.84. The fourth-order valence-electron chi connectivity index (χ4n) is 3.25. The molecule has 0 aromatic heterocycles. The number of esters is 1. The zero-order valence-corrected chi connectivity index (χ0v) is 17.1. The van der Waals surface area contributed by atoms with Crippen LogP contribution in [0.5, 0.6) is 0 Å². The van der Waals surface area contributed by atoms with Crippen molar-refractivity contribution in [3.05, 3.63) is 59.1 Å². The summed E-state index contributed by atoms with van der Waals surface area (Å²) in [5, 5.41) is 3.29. The van der Waals surface area contributed by atoms with Gasteiger partial charge < -0.3 is 15.0 Å². The molecule has 1 N–H and O–H groups in total. The van der Waals surface area contributed by atoms with E-state index in [2.05, 4.69) is 5.32 Å². The number of nitrogens with one attached hydrogen (secondary N) is 1. The maximum absolute atomic E-state index is 12.8. The molecular weight excluding hydrogens is 408 g/mol. The van der Waals surface area contributed by atoms with Crippen molar-refractivity contribution in [2.24, 2.45) is 0 Å². The molecule has 0 radical (unpaired) electrons. The number of anilines is 2. The lowest BCUT2D eigenvalue weighted by atomic mass is 10.1. The van der Waals surface area contributed by atoms with Gasteiger partial charge in [0.15, 0.2) is 12.4 Å². The molecule has 0 saturated carbocycles. The van der Waals surface area contributed by atoms with Crippen molar-refractivity contribution in [1.82, 2.24) is 0 Å². The van der Waals surface area contributed by atoms with Crippen LogP contribution in [-0.4, -0.2) is 36.2 Å². The standard InChI is InChI=1S/C22H21ClN2O5/c1-14-12-20(27)24-17-4-2-3-5-18(17)25(14)21(28)13-30-22(29)11-10-19(26)15-6-8-16(23)9-7-15/h2-9,14H,10-13H2,1H3,(H,24,27). The van der Waals surface area contributed by atoms with E-state index in [1.165, 1.54) is 4.90 Å². The van der Waals surface area contributed by atoms with E-state index in [4.69, 9.17) is 16.3 Å². The van der Waals surface area contributed by atoms with Crippen LogP contribution in [0.2, 0.25) is 5.02 Å². The van der Waals surface area contributed by atoms with Crippen LogP contribution in [0.4, 0.5) is 11.4 Å². The second kappa shape index (κ2) is 9.54. The van der Waals surface area contributed by atoms with E-state index in [0.29, 0.717) is 22.0 Å². The zero-order valence-electron chi connectivity index (χ0n) is 16.4. The van der Waals surface area contributed by atoms with Gasteiger partial charge in [0.05, 0.1) is 17.8 Å². The number of rotatable bonds is 6. The molecule has 0 spiro atoms. The number of fused-ring (bicyclic) bond motifs is 1. The van der Waals surface area contributed by atoms with Gasteiger partial charge >= 0.3 is 5.97 Å². The van der Waals surface area contributed by atoms with E-state index in [9.17, 15) is 19.2 Å². The first-order valence-electron chi connectivity index (χ1n) is 9.50. The Balaban J connectivity index is 1.57. The van der Waals surface area contributed by atoms with Crippen LogP contribution < -0.4 is 10.2 Å². The lowest BCUT2D eigenvalue weighted by molar-refractivity contribution is -0.147. The number of carbonyl (C=O) groups excluding carboxylic acids is 4. The van der Waals surface area contributed by atoms with Gasteiger partial charge in [-0.25, -0.2) is 0 Å². The summed E-state index contributed by atoms with van der Waals surface area (Å²) in [6.07, 6.45) is -0.0408. The summed E-state index contributed by atoms with van der Waals surface area (Å²) >= 11 is 5.79. The summed E-state index contributed by atoms with van der Waals surface area (Å²) in [5.74, 6) is -1.49. The highest BCUT2D eigenvalue weighted by molar-refractivity contribution is 6.30. The van der Waals surface area contributed by atoms with Gasteiger partial charge in [0.25, 0.3) is 5.91 Å². The quantitative estimate of drug-likeness (QED) is 0.560. The van der Waals surface area contributed by atoms with E-state index < -0.39 is 24.5 Å². The lowest BCUT2D eigenvalue weighted by Crippen LogP contribution is -2.41. The molecule has 1 aliphatic heterocycles. The molecule has 1 heterocycles. The molecule has 0 bridgehead atoms. The van der Waals surface area contributed by atoms with Gasteiger partial charge in [-0.05, 0) is 43.3 Å². The van der Waals surface area contributed by atoms with Crippen molar-refractivity contribution in [1.29, 1.82) is 0 Å². The van der Waals surface area contributed by atoms with Crippen LogP contribution in [0.25, 0.3) is 0 Å². The van der Waals surface area contributed by atoms with Crippen LogP contribution in [-0.2, 0) is 19.1 Å². The fraction of sp³-hybridized carbons (Fsp3) is 0.273. The third-order valence-electron chi connectivity index (χ3n) is 4.71. The minimum atomic E-state index is -0.643. The lowest BCUT2D eigenvalue weighted by Gasteiger charge is -2.27. The van der Waals surface area contributed by atoms with E-state index in [1.54, 1.807) is 55.5 Å². The van der Waals surface area contributed by atoms with Crippen molar-refractivity contribution >= 4 is 46.5 Å². The Labute approximate surface area is 179 Å². The summed E-state index contributed by atoms with van der Waals surface area (Å²) in [6.45, 7) is 1.28. The number of hydrogen-bond acceptors (Lipinski definition) is 5. The second-order valence-electron chi connectivity index (χ2n) is 6.97. The largest absolute Gasteiger partial charge is 0.456 e. The Hall–Kier alpha value is -3.19. The topological polar surface area (TPSA) is 92.8 Å². The molecule has 2 amide bonds. The molecule has 1 aliphatic rings. The average Bonchev–Trinajstić information content (AvgIpc) is 2.84. The first-order valence-corrected chi connectivity index (χ1v) is 9.88. The summed E-state index contributed by atoms with van der Waals surface area (Å²) in [5.41, 5.74) is 1.53. The Bertz CT molecular complexity index is 974. The molecule has 3 rings (SSSR count). The highest BCUT2D eigenvalue weighted by atomic mass is 35.5. The molecule has 0 fully saturated rings. The zero-order chi connectivity index (χ0) is 21.7. The summed E-state index contributed by atoms with van der Waals surface area (Å²) in [4.78, 5) is 50.4. The molecule has 30 heavy (non-hydrogen) atoms. The predicted octanol–water partition coefficient (Wildman–Crippen LogP) is 3.61. The third kappa shape index (κ3) is 5.24. The molecule has 2 aromatic carbocycles. The highest BCUT2D eigenvalue weighted by Crippen LogP contribution is 2.31. The van der Waals surface area contributed by atoms with Crippen LogP contribution in [0.15, 0.2) is 48.5 Å². The highest BCUT2D eigenvalue weighted by Gasteiger charge is 2.30. The van der Waals surface area contributed by atoms with Crippen LogP contribution in [0, 0.1) is 0 Å². The number of Topliss-reactive ketones (excluding diaryl/α,β-unsaturated/α-hetero) is 1. The van der Waals surface area contributed by atoms with Gasteiger partial charge in [0, 0.05) is 29.5 Å². The second-order valence-corrected chi connectivity index (χ2v) is 7.41. The van der Waals surface area contributed by atoms with E-state index in [1.807, 2.05) is 0 Å². The minimum absolute atomic E-state index is 0.0317. The van der Waals surface area contributed by atoms with Crippen molar-refractivity contribution in [2.45, 2.75) is 32.2 Å². The average molecular weight is 429 g/mol. The van der Waals surface area contributed by atoms with E-state index in [-0.39, 0.29) is 31.0 Å². The molecule has 0 aliphatic carbocycles. The van der Waals surface area contributed by atoms with Crippen molar-refractivity contribution in [2.75, 3.05) is 16.8 Å². The number of carbonyl (C=O) groups is 4. The molecule has 0 saturated heterocycles. The number of halogens is 1. The molecular formula is C22H21ClN2O5. The molecule has 1 atom stereocenters. The number of amides is 2. The number of benzene rings is 2. The van der Waals surface area contributed by atoms with Crippen molar-refractivity contribution in [3.8, 4) is 0 Å². The number of para-hydroxylation sites is 2. The predicted molar refractivity (Wildman–Crippen MR) is 113 cm³/mol. The summed E-state index contributed by atoms with van der Waals surface area (Å²) in [6, 6.07) is 12.9.